The number of nitrogens with one attached hydrogen (secondary N) is 1. The number of rotatable bonds is 2. The van der Waals surface area contributed by atoms with Gasteiger partial charge < -0.3 is 9.67 Å². The van der Waals surface area contributed by atoms with Crippen molar-refractivity contribution in [2.75, 3.05) is 0 Å². The average Bonchev–Trinajstić information content (AvgIpc) is 3.01. The van der Waals surface area contributed by atoms with Gasteiger partial charge in [0.05, 0.1) is 21.7 Å². The monoisotopic (exact) mass is 388 g/mol. The first kappa shape index (κ1) is 16.6. The van der Waals surface area contributed by atoms with Crippen LogP contribution in [0.2, 0.25) is 10.0 Å². The summed E-state index contributed by atoms with van der Waals surface area (Å²) in [5.41, 5.74) is 1.47. The molecule has 26 heavy (non-hydrogen) atoms. The summed E-state index contributed by atoms with van der Waals surface area (Å²) in [6, 6.07) is 8.53. The maximum atomic E-state index is 12.4. The number of aromatic nitrogens is 1. The zero-order valence-corrected chi connectivity index (χ0v) is 14.8. The zero-order valence-electron chi connectivity index (χ0n) is 13.3. The summed E-state index contributed by atoms with van der Waals surface area (Å²) in [6.45, 7) is 0. The van der Waals surface area contributed by atoms with Crippen LogP contribution in [0.5, 0.6) is 0 Å². The molecule has 0 saturated heterocycles. The Morgan fingerprint density at radius 2 is 1.73 bits per heavy atom. The molecule has 2 amide bonds. The van der Waals surface area contributed by atoms with Gasteiger partial charge in [-0.2, -0.15) is 0 Å². The summed E-state index contributed by atoms with van der Waals surface area (Å²) >= 11 is 12.5. The number of carboxylic acid groups (broad SMARTS) is 1. The number of carbonyl (C=O) groups is 3. The third-order valence-electron chi connectivity index (χ3n) is 4.48. The SMILES string of the molecule is Cn1c(C(=O)O)c(Cl)c2c3c(c(-c4ccccc4Cl)cc21)C(=O)NC3=O. The highest BCUT2D eigenvalue weighted by atomic mass is 35.5. The molecule has 2 N–H and O–H groups in total. The van der Waals surface area contributed by atoms with Crippen molar-refractivity contribution in [2.24, 2.45) is 7.05 Å². The van der Waals surface area contributed by atoms with Gasteiger partial charge in [0.25, 0.3) is 11.8 Å². The van der Waals surface area contributed by atoms with Crippen molar-refractivity contribution >= 4 is 51.9 Å². The van der Waals surface area contributed by atoms with E-state index in [0.29, 0.717) is 21.7 Å². The van der Waals surface area contributed by atoms with Gasteiger partial charge in [0.1, 0.15) is 5.69 Å². The first-order chi connectivity index (χ1) is 12.3. The molecule has 2 heterocycles. The van der Waals surface area contributed by atoms with Crippen LogP contribution in [-0.4, -0.2) is 27.5 Å². The summed E-state index contributed by atoms with van der Waals surface area (Å²) in [7, 11) is 1.54. The van der Waals surface area contributed by atoms with E-state index >= 15 is 0 Å². The molecule has 0 aliphatic carbocycles. The number of hydrogen-bond acceptors (Lipinski definition) is 3. The van der Waals surface area contributed by atoms with Crippen molar-refractivity contribution in [2.45, 2.75) is 0 Å². The van der Waals surface area contributed by atoms with Gasteiger partial charge >= 0.3 is 5.97 Å². The van der Waals surface area contributed by atoms with E-state index in [9.17, 15) is 19.5 Å². The number of carbonyl (C=O) groups excluding carboxylic acids is 2. The number of aryl methyl sites for hydroxylation is 1. The highest BCUT2D eigenvalue weighted by Crippen LogP contribution is 2.42. The summed E-state index contributed by atoms with van der Waals surface area (Å²) in [4.78, 5) is 36.4. The van der Waals surface area contributed by atoms with Crippen LogP contribution >= 0.6 is 23.2 Å². The molecule has 130 valence electrons. The summed E-state index contributed by atoms with van der Waals surface area (Å²) in [6.07, 6.45) is 0. The average molecular weight is 389 g/mol. The minimum absolute atomic E-state index is 0.0653. The highest BCUT2D eigenvalue weighted by molar-refractivity contribution is 6.42. The van der Waals surface area contributed by atoms with Crippen LogP contribution in [0.4, 0.5) is 0 Å². The predicted octanol–water partition coefficient (Wildman–Crippen LogP) is 3.73. The highest BCUT2D eigenvalue weighted by Gasteiger charge is 2.36. The number of nitrogens with zero attached hydrogens (tertiary/aromatic N) is 1. The molecular formula is C18H10Cl2N2O4. The van der Waals surface area contributed by atoms with Crippen LogP contribution in [0.25, 0.3) is 22.0 Å². The second-order valence-electron chi connectivity index (χ2n) is 5.86. The molecule has 0 spiro atoms. The van der Waals surface area contributed by atoms with E-state index in [2.05, 4.69) is 5.32 Å². The number of fused-ring (bicyclic) bond motifs is 3. The molecule has 0 unspecified atom stereocenters. The maximum Gasteiger partial charge on any atom is 0.354 e. The lowest BCUT2D eigenvalue weighted by Gasteiger charge is -2.10. The molecule has 6 nitrogen and oxygen atoms in total. The molecule has 2 aromatic carbocycles. The lowest BCUT2D eigenvalue weighted by Crippen LogP contribution is -2.20. The summed E-state index contributed by atoms with van der Waals surface area (Å²) in [5, 5.41) is 12.3. The molecular weight excluding hydrogens is 379 g/mol. The van der Waals surface area contributed by atoms with Crippen LogP contribution in [-0.2, 0) is 7.05 Å². The van der Waals surface area contributed by atoms with E-state index in [1.807, 2.05) is 0 Å². The molecule has 0 radical (unpaired) electrons. The first-order valence-corrected chi connectivity index (χ1v) is 8.27. The standard InChI is InChI=1S/C18H10Cl2N2O4/c1-22-10-6-8(7-4-2-3-5-9(7)19)11-13(17(24)21-16(11)23)12(10)14(20)15(22)18(25)26/h2-6H,1H3,(H,25,26)(H,21,23,24). The Labute approximate surface area is 156 Å². The topological polar surface area (TPSA) is 88.4 Å². The summed E-state index contributed by atoms with van der Waals surface area (Å²) in [5.74, 6) is -2.42. The number of benzene rings is 2. The third kappa shape index (κ3) is 2.09. The lowest BCUT2D eigenvalue weighted by atomic mass is 9.94. The van der Waals surface area contributed by atoms with E-state index < -0.39 is 17.8 Å². The van der Waals surface area contributed by atoms with Gasteiger partial charge in [-0.25, -0.2) is 4.79 Å². The van der Waals surface area contributed by atoms with Crippen molar-refractivity contribution < 1.29 is 19.5 Å². The Kier molecular flexibility index (Phi) is 3.57. The van der Waals surface area contributed by atoms with Gasteiger partial charge in [-0.05, 0) is 17.7 Å². The maximum absolute atomic E-state index is 12.4. The second kappa shape index (κ2) is 5.59. The van der Waals surface area contributed by atoms with Crippen molar-refractivity contribution in [3.05, 3.63) is 57.2 Å². The van der Waals surface area contributed by atoms with Gasteiger partial charge in [-0.3, -0.25) is 14.9 Å². The first-order valence-electron chi connectivity index (χ1n) is 7.51. The fourth-order valence-electron chi connectivity index (χ4n) is 3.36. The molecule has 4 rings (SSSR count). The van der Waals surface area contributed by atoms with E-state index in [-0.39, 0.29) is 27.2 Å². The molecule has 1 aliphatic rings. The molecule has 1 aromatic heterocycles. The van der Waals surface area contributed by atoms with Crippen LogP contribution < -0.4 is 5.32 Å². The van der Waals surface area contributed by atoms with E-state index in [0.717, 1.165) is 0 Å². The van der Waals surface area contributed by atoms with Crippen molar-refractivity contribution in [1.29, 1.82) is 0 Å². The number of amides is 2. The number of carboxylic acids is 1. The lowest BCUT2D eigenvalue weighted by molar-refractivity contribution is 0.0686. The molecule has 0 saturated carbocycles. The Morgan fingerprint density at radius 1 is 1.08 bits per heavy atom. The van der Waals surface area contributed by atoms with Crippen molar-refractivity contribution in [3.8, 4) is 11.1 Å². The largest absolute Gasteiger partial charge is 0.477 e. The Morgan fingerprint density at radius 3 is 2.38 bits per heavy atom. The zero-order chi connectivity index (χ0) is 18.7. The van der Waals surface area contributed by atoms with E-state index in [1.54, 1.807) is 30.3 Å². The molecule has 1 aliphatic heterocycles. The fraction of sp³-hybridized carbons (Fsp3) is 0.0556. The summed E-state index contributed by atoms with van der Waals surface area (Å²) < 4.78 is 1.39. The van der Waals surface area contributed by atoms with E-state index in [1.165, 1.54) is 11.6 Å². The molecule has 8 heteroatoms. The van der Waals surface area contributed by atoms with Gasteiger partial charge in [-0.15, -0.1) is 0 Å². The minimum Gasteiger partial charge on any atom is -0.477 e. The minimum atomic E-state index is -1.23. The predicted molar refractivity (Wildman–Crippen MR) is 97.1 cm³/mol. The van der Waals surface area contributed by atoms with Crippen LogP contribution in [0.15, 0.2) is 30.3 Å². The quantitative estimate of drug-likeness (QED) is 0.654. The Hall–Kier alpha value is -2.83. The Bertz CT molecular complexity index is 1160. The second-order valence-corrected chi connectivity index (χ2v) is 6.64. The van der Waals surface area contributed by atoms with Gasteiger partial charge in [-0.1, -0.05) is 41.4 Å². The van der Waals surface area contributed by atoms with Crippen LogP contribution in [0.1, 0.15) is 31.2 Å². The number of imide groups is 1. The van der Waals surface area contributed by atoms with E-state index in [4.69, 9.17) is 23.2 Å². The molecule has 0 fully saturated rings. The Balaban J connectivity index is 2.23. The van der Waals surface area contributed by atoms with Gasteiger partial charge in [0.15, 0.2) is 0 Å². The smallest absolute Gasteiger partial charge is 0.354 e. The number of hydrogen-bond donors (Lipinski definition) is 2. The number of halogens is 2. The van der Waals surface area contributed by atoms with Gasteiger partial charge in [0, 0.05) is 23.0 Å². The van der Waals surface area contributed by atoms with Crippen LogP contribution in [0.3, 0.4) is 0 Å². The third-order valence-corrected chi connectivity index (χ3v) is 5.18. The number of aromatic carboxylic acids is 1. The van der Waals surface area contributed by atoms with Gasteiger partial charge in [0.2, 0.25) is 0 Å². The van der Waals surface area contributed by atoms with Crippen molar-refractivity contribution in [3.63, 3.8) is 0 Å². The molecule has 0 atom stereocenters. The van der Waals surface area contributed by atoms with Crippen LogP contribution in [0, 0.1) is 0 Å². The van der Waals surface area contributed by atoms with Crippen molar-refractivity contribution in [1.82, 2.24) is 9.88 Å². The molecule has 3 aromatic rings. The fourth-order valence-corrected chi connectivity index (χ4v) is 4.00. The molecule has 0 bridgehead atoms. The normalized spacial score (nSPS) is 13.2.